The van der Waals surface area contributed by atoms with Crippen LogP contribution in [-0.4, -0.2) is 50.5 Å². The van der Waals surface area contributed by atoms with Gasteiger partial charge in [0, 0.05) is 12.6 Å². The molecule has 0 aliphatic carbocycles. The molecule has 190 valence electrons. The molecule has 5 rings (SSSR count). The number of nitrogen functional groups attached to an aromatic ring is 1. The first-order chi connectivity index (χ1) is 17.8. The minimum atomic E-state index is -0.729. The van der Waals surface area contributed by atoms with E-state index in [1.54, 1.807) is 30.5 Å². The Balaban J connectivity index is 1.35. The molecule has 0 spiro atoms. The number of carbonyl (C=O) groups excluding carboxylic acids is 2. The number of nitrogens with two attached hydrogens (primary N) is 1. The van der Waals surface area contributed by atoms with Crippen molar-refractivity contribution >= 4 is 40.5 Å². The summed E-state index contributed by atoms with van der Waals surface area (Å²) in [6.45, 7) is 3.74. The van der Waals surface area contributed by atoms with E-state index in [4.69, 9.17) is 31.5 Å². The van der Waals surface area contributed by atoms with Crippen LogP contribution >= 0.6 is 11.6 Å². The quantitative estimate of drug-likeness (QED) is 0.295. The Labute approximate surface area is 217 Å². The van der Waals surface area contributed by atoms with Crippen molar-refractivity contribution in [2.75, 3.05) is 12.3 Å². The molecule has 2 aromatic heterocycles. The second-order valence-corrected chi connectivity index (χ2v) is 9.22. The van der Waals surface area contributed by atoms with Crippen molar-refractivity contribution in [1.29, 1.82) is 0 Å². The molecule has 1 aliphatic heterocycles. The third-order valence-corrected chi connectivity index (χ3v) is 6.34. The monoisotopic (exact) mass is 521 g/mol. The largest absolute Gasteiger partial charge is 0.459 e. The first-order valence-corrected chi connectivity index (χ1v) is 12.0. The number of esters is 2. The van der Waals surface area contributed by atoms with Gasteiger partial charge in [-0.3, -0.25) is 0 Å². The molecule has 3 atom stereocenters. The number of carbonyl (C=O) groups is 2. The molecule has 0 radical (unpaired) electrons. The summed E-state index contributed by atoms with van der Waals surface area (Å²) in [5.41, 5.74) is 8.86. The molecule has 0 amide bonds. The van der Waals surface area contributed by atoms with E-state index < -0.39 is 30.4 Å². The zero-order valence-corrected chi connectivity index (χ0v) is 20.9. The number of benzene rings is 2. The predicted octanol–water partition coefficient (Wildman–Crippen LogP) is 4.05. The summed E-state index contributed by atoms with van der Waals surface area (Å²) in [7, 11) is 0. The van der Waals surface area contributed by atoms with E-state index in [0.717, 1.165) is 11.1 Å². The lowest BCUT2D eigenvalue weighted by molar-refractivity contribution is -0.0598. The summed E-state index contributed by atoms with van der Waals surface area (Å²) in [6.07, 6.45) is -0.165. The highest BCUT2D eigenvalue weighted by atomic mass is 35.5. The maximum absolute atomic E-state index is 12.9. The van der Waals surface area contributed by atoms with Crippen LogP contribution in [0.1, 0.15) is 44.5 Å². The molecular formula is C26H24ClN5O5. The summed E-state index contributed by atoms with van der Waals surface area (Å²) in [4.78, 5) is 33.5. The highest BCUT2D eigenvalue weighted by molar-refractivity contribution is 6.34. The van der Waals surface area contributed by atoms with E-state index in [0.29, 0.717) is 22.2 Å². The van der Waals surface area contributed by atoms with E-state index in [1.165, 1.54) is 4.68 Å². The van der Waals surface area contributed by atoms with Gasteiger partial charge in [0.2, 0.25) is 5.95 Å². The van der Waals surface area contributed by atoms with Crippen molar-refractivity contribution in [3.63, 3.8) is 0 Å². The Morgan fingerprint density at radius 1 is 1.03 bits per heavy atom. The Hall–Kier alpha value is -4.02. The molecule has 10 nitrogen and oxygen atoms in total. The van der Waals surface area contributed by atoms with Gasteiger partial charge in [0.1, 0.15) is 24.0 Å². The fraction of sp³-hybridized carbons (Fsp3) is 0.269. The lowest BCUT2D eigenvalue weighted by Crippen LogP contribution is -2.32. The van der Waals surface area contributed by atoms with Crippen LogP contribution in [-0.2, 0) is 14.2 Å². The Kier molecular flexibility index (Phi) is 6.77. The first kappa shape index (κ1) is 24.7. The molecule has 3 heterocycles. The molecule has 37 heavy (non-hydrogen) atoms. The van der Waals surface area contributed by atoms with Crippen molar-refractivity contribution in [3.8, 4) is 0 Å². The van der Waals surface area contributed by atoms with Crippen LogP contribution in [0, 0.1) is 13.8 Å². The standard InChI is InChI=1S/C26H24ClN5O5/c1-14-3-7-16(8-4-14)24(33)35-13-20-19(37-25(34)17-9-5-15(2)6-10-17)11-21(36-20)32-12-18-22(27)29-26(28)30-23(18)31-32/h3-10,12,19-21H,11,13H2,1-2H3,(H2,28,30,31)/t19-,20+,21+/m0/s1. The van der Waals surface area contributed by atoms with Crippen molar-refractivity contribution in [3.05, 3.63) is 82.1 Å². The van der Waals surface area contributed by atoms with E-state index in [9.17, 15) is 9.59 Å². The molecule has 0 bridgehead atoms. The van der Waals surface area contributed by atoms with Crippen LogP contribution < -0.4 is 5.73 Å². The van der Waals surface area contributed by atoms with Crippen molar-refractivity contribution < 1.29 is 23.8 Å². The van der Waals surface area contributed by atoms with Crippen LogP contribution in [0.3, 0.4) is 0 Å². The lowest BCUT2D eigenvalue weighted by atomic mass is 10.1. The van der Waals surface area contributed by atoms with Gasteiger partial charge in [0.05, 0.1) is 16.5 Å². The van der Waals surface area contributed by atoms with Gasteiger partial charge in [-0.15, -0.1) is 5.10 Å². The van der Waals surface area contributed by atoms with Crippen LogP contribution in [0.5, 0.6) is 0 Å². The van der Waals surface area contributed by atoms with Crippen LogP contribution in [0.25, 0.3) is 11.0 Å². The van der Waals surface area contributed by atoms with E-state index in [-0.39, 0.29) is 24.1 Å². The van der Waals surface area contributed by atoms with Crippen molar-refractivity contribution in [2.24, 2.45) is 0 Å². The zero-order valence-electron chi connectivity index (χ0n) is 20.1. The topological polar surface area (TPSA) is 131 Å². The van der Waals surface area contributed by atoms with Gasteiger partial charge in [-0.25, -0.2) is 19.3 Å². The maximum Gasteiger partial charge on any atom is 0.338 e. The van der Waals surface area contributed by atoms with Gasteiger partial charge in [0.15, 0.2) is 11.9 Å². The number of hydrogen-bond acceptors (Lipinski definition) is 9. The van der Waals surface area contributed by atoms with Gasteiger partial charge in [-0.1, -0.05) is 47.0 Å². The van der Waals surface area contributed by atoms with Gasteiger partial charge < -0.3 is 19.9 Å². The van der Waals surface area contributed by atoms with Gasteiger partial charge in [-0.2, -0.15) is 4.98 Å². The van der Waals surface area contributed by atoms with Crippen LogP contribution in [0.2, 0.25) is 5.15 Å². The summed E-state index contributed by atoms with van der Waals surface area (Å²) < 4.78 is 19.0. The minimum absolute atomic E-state index is 0.000823. The summed E-state index contributed by atoms with van der Waals surface area (Å²) in [5.74, 6) is -1.00. The molecule has 1 aliphatic rings. The predicted molar refractivity (Wildman–Crippen MR) is 135 cm³/mol. The third-order valence-electron chi connectivity index (χ3n) is 6.06. The molecule has 0 unspecified atom stereocenters. The number of anilines is 1. The highest BCUT2D eigenvalue weighted by Crippen LogP contribution is 2.33. The Bertz CT molecular complexity index is 1460. The third kappa shape index (κ3) is 5.40. The fourth-order valence-electron chi connectivity index (χ4n) is 4.01. The second-order valence-electron chi connectivity index (χ2n) is 8.86. The van der Waals surface area contributed by atoms with E-state index >= 15 is 0 Å². The Morgan fingerprint density at radius 3 is 2.30 bits per heavy atom. The van der Waals surface area contributed by atoms with E-state index in [2.05, 4.69) is 15.1 Å². The number of rotatable bonds is 6. The number of ether oxygens (including phenoxy) is 3. The number of aryl methyl sites for hydroxylation is 2. The molecule has 2 N–H and O–H groups in total. The van der Waals surface area contributed by atoms with Gasteiger partial charge in [-0.05, 0) is 38.1 Å². The summed E-state index contributed by atoms with van der Waals surface area (Å²) in [5, 5.41) is 5.08. The zero-order chi connectivity index (χ0) is 26.1. The van der Waals surface area contributed by atoms with Crippen molar-refractivity contribution in [2.45, 2.75) is 38.7 Å². The minimum Gasteiger partial charge on any atom is -0.459 e. The number of hydrogen-bond donors (Lipinski definition) is 1. The number of halogens is 1. The van der Waals surface area contributed by atoms with Gasteiger partial charge in [0.25, 0.3) is 0 Å². The number of aromatic nitrogens is 4. The molecule has 4 aromatic rings. The SMILES string of the molecule is Cc1ccc(C(=O)OC[C@H]2O[C@@H](n3cc4c(Cl)nc(N)nc4n3)C[C@@H]2OC(=O)c2ccc(C)cc2)cc1. The average molecular weight is 522 g/mol. The fourth-order valence-corrected chi connectivity index (χ4v) is 4.23. The second kappa shape index (κ2) is 10.2. The smallest absolute Gasteiger partial charge is 0.338 e. The summed E-state index contributed by atoms with van der Waals surface area (Å²) >= 11 is 6.19. The first-order valence-electron chi connectivity index (χ1n) is 11.6. The van der Waals surface area contributed by atoms with Gasteiger partial charge >= 0.3 is 11.9 Å². The Morgan fingerprint density at radius 2 is 1.65 bits per heavy atom. The molecular weight excluding hydrogens is 498 g/mol. The highest BCUT2D eigenvalue weighted by Gasteiger charge is 2.40. The molecule has 0 saturated carbocycles. The lowest BCUT2D eigenvalue weighted by Gasteiger charge is -2.19. The van der Waals surface area contributed by atoms with Crippen LogP contribution in [0.4, 0.5) is 5.95 Å². The molecule has 11 heteroatoms. The molecule has 1 saturated heterocycles. The average Bonchev–Trinajstić information content (AvgIpc) is 3.47. The van der Waals surface area contributed by atoms with E-state index in [1.807, 2.05) is 38.1 Å². The molecule has 1 fully saturated rings. The van der Waals surface area contributed by atoms with Crippen LogP contribution in [0.15, 0.2) is 54.7 Å². The summed E-state index contributed by atoms with van der Waals surface area (Å²) in [6, 6.07) is 14.1. The van der Waals surface area contributed by atoms with Crippen molar-refractivity contribution in [1.82, 2.24) is 19.7 Å². The number of nitrogens with zero attached hydrogens (tertiary/aromatic N) is 4. The normalized spacial score (nSPS) is 19.2. The maximum atomic E-state index is 12.9. The number of fused-ring (bicyclic) bond motifs is 1. The molecule has 2 aromatic carbocycles.